The highest BCUT2D eigenvalue weighted by molar-refractivity contribution is 9.11. The number of likely N-dealkylation sites (N-methyl/N-ethyl adjacent to an activating group) is 1. The number of carbonyl (C=O) groups is 1. The molecule has 0 aliphatic rings. The van der Waals surface area contributed by atoms with Crippen LogP contribution in [0.15, 0.2) is 14.7 Å². The molecule has 1 aromatic rings. The van der Waals surface area contributed by atoms with Crippen LogP contribution in [0.3, 0.4) is 0 Å². The van der Waals surface area contributed by atoms with Gasteiger partial charge >= 0.3 is 5.97 Å². The van der Waals surface area contributed by atoms with Crippen LogP contribution in [0.5, 0.6) is 0 Å². The molecule has 0 aliphatic carbocycles. The van der Waals surface area contributed by atoms with Crippen LogP contribution >= 0.6 is 27.3 Å². The number of rotatable bonds is 8. The molecule has 1 rings (SSSR count). The van der Waals surface area contributed by atoms with Crippen molar-refractivity contribution in [2.45, 2.75) is 18.2 Å². The second-order valence-electron chi connectivity index (χ2n) is 4.76. The van der Waals surface area contributed by atoms with Crippen LogP contribution < -0.4 is 0 Å². The molecule has 9 heteroatoms. The van der Waals surface area contributed by atoms with Gasteiger partial charge in [-0.1, -0.05) is 6.92 Å². The molecular weight excluding hydrogens is 380 g/mol. The number of carboxylic acids is 1. The second-order valence-corrected chi connectivity index (χ2v) is 9.04. The van der Waals surface area contributed by atoms with E-state index in [1.54, 1.807) is 0 Å². The van der Waals surface area contributed by atoms with Gasteiger partial charge in [0.05, 0.1) is 3.79 Å². The van der Waals surface area contributed by atoms with Crippen molar-refractivity contribution in [3.63, 3.8) is 0 Å². The number of sulfonamides is 1. The van der Waals surface area contributed by atoms with Crippen molar-refractivity contribution in [2.75, 3.05) is 33.7 Å². The number of aromatic carboxylic acids is 1. The van der Waals surface area contributed by atoms with Gasteiger partial charge in [-0.15, -0.1) is 11.3 Å². The Balaban J connectivity index is 3.13. The zero-order valence-corrected chi connectivity index (χ0v) is 15.4. The molecule has 0 saturated carbocycles. The smallest absolute Gasteiger partial charge is 0.345 e. The lowest BCUT2D eigenvalue weighted by molar-refractivity contribution is 0.0702. The van der Waals surface area contributed by atoms with Crippen LogP contribution in [0, 0.1) is 0 Å². The van der Waals surface area contributed by atoms with Crippen molar-refractivity contribution in [1.82, 2.24) is 9.21 Å². The molecule has 6 nitrogen and oxygen atoms in total. The van der Waals surface area contributed by atoms with E-state index in [-0.39, 0.29) is 9.77 Å². The van der Waals surface area contributed by atoms with Gasteiger partial charge in [0.1, 0.15) is 9.77 Å². The van der Waals surface area contributed by atoms with E-state index in [0.717, 1.165) is 11.3 Å². The summed E-state index contributed by atoms with van der Waals surface area (Å²) in [6.45, 7) is 3.28. The van der Waals surface area contributed by atoms with Crippen LogP contribution in [-0.4, -0.2) is 62.4 Å². The van der Waals surface area contributed by atoms with Crippen LogP contribution in [0.2, 0.25) is 0 Å². The summed E-state index contributed by atoms with van der Waals surface area (Å²) in [6, 6.07) is 1.21. The molecule has 0 spiro atoms. The molecule has 0 atom stereocenters. The van der Waals surface area contributed by atoms with E-state index in [4.69, 9.17) is 5.11 Å². The lowest BCUT2D eigenvalue weighted by atomic mass is 10.4. The van der Waals surface area contributed by atoms with Gasteiger partial charge in [-0.2, -0.15) is 4.31 Å². The first-order chi connectivity index (χ1) is 9.70. The minimum atomic E-state index is -3.70. The monoisotopic (exact) mass is 398 g/mol. The molecule has 0 unspecified atom stereocenters. The molecule has 0 bridgehead atoms. The Labute approximate surface area is 137 Å². The van der Waals surface area contributed by atoms with Crippen molar-refractivity contribution in [3.05, 3.63) is 14.7 Å². The Hall–Kier alpha value is -0.480. The number of nitrogens with zero attached hydrogens (tertiary/aromatic N) is 2. The Morgan fingerprint density at radius 3 is 2.38 bits per heavy atom. The van der Waals surface area contributed by atoms with Gasteiger partial charge in [-0.25, -0.2) is 13.2 Å². The third-order valence-electron chi connectivity index (χ3n) is 2.75. The molecule has 0 radical (unpaired) electrons. The molecule has 21 heavy (non-hydrogen) atoms. The van der Waals surface area contributed by atoms with E-state index in [2.05, 4.69) is 15.9 Å². The van der Waals surface area contributed by atoms with Crippen molar-refractivity contribution < 1.29 is 18.3 Å². The van der Waals surface area contributed by atoms with E-state index in [1.807, 2.05) is 25.9 Å². The molecule has 0 aliphatic heterocycles. The molecule has 0 amide bonds. The maximum atomic E-state index is 12.7. The fraction of sp³-hybridized carbons (Fsp3) is 0.583. The van der Waals surface area contributed by atoms with Crippen LogP contribution in [0.25, 0.3) is 0 Å². The van der Waals surface area contributed by atoms with E-state index in [9.17, 15) is 13.2 Å². The van der Waals surface area contributed by atoms with Crippen molar-refractivity contribution in [1.29, 1.82) is 0 Å². The second kappa shape index (κ2) is 7.68. The number of carboxylic acid groups (broad SMARTS) is 1. The molecule has 120 valence electrons. The first-order valence-electron chi connectivity index (χ1n) is 6.37. The van der Waals surface area contributed by atoms with Crippen LogP contribution in [0.4, 0.5) is 0 Å². The molecule has 0 aromatic carbocycles. The zero-order chi connectivity index (χ0) is 16.2. The summed E-state index contributed by atoms with van der Waals surface area (Å²) in [7, 11) is 0.0542. The van der Waals surface area contributed by atoms with Crippen LogP contribution in [0.1, 0.15) is 23.0 Å². The van der Waals surface area contributed by atoms with Gasteiger partial charge in [0.25, 0.3) is 0 Å². The van der Waals surface area contributed by atoms with E-state index in [0.29, 0.717) is 29.8 Å². The molecule has 0 saturated heterocycles. The Morgan fingerprint density at radius 1 is 1.33 bits per heavy atom. The van der Waals surface area contributed by atoms with E-state index in [1.165, 1.54) is 10.4 Å². The topological polar surface area (TPSA) is 77.9 Å². The summed E-state index contributed by atoms with van der Waals surface area (Å²) in [5.41, 5.74) is 0. The summed E-state index contributed by atoms with van der Waals surface area (Å²) >= 11 is 4.07. The van der Waals surface area contributed by atoms with Gasteiger partial charge in [0, 0.05) is 19.6 Å². The lowest BCUT2D eigenvalue weighted by Crippen LogP contribution is -2.37. The van der Waals surface area contributed by atoms with Gasteiger partial charge < -0.3 is 10.0 Å². The lowest BCUT2D eigenvalue weighted by Gasteiger charge is -2.23. The fourth-order valence-corrected chi connectivity index (χ4v) is 5.56. The highest BCUT2D eigenvalue weighted by atomic mass is 79.9. The maximum absolute atomic E-state index is 12.7. The zero-order valence-electron chi connectivity index (χ0n) is 12.2. The van der Waals surface area contributed by atoms with Crippen molar-refractivity contribution in [2.24, 2.45) is 0 Å². The third kappa shape index (κ3) is 4.75. The fourth-order valence-electron chi connectivity index (χ4n) is 1.69. The normalized spacial score (nSPS) is 12.3. The number of thiophene rings is 1. The number of halogens is 1. The molecule has 1 heterocycles. The minimum Gasteiger partial charge on any atom is -0.477 e. The molecule has 1 aromatic heterocycles. The first kappa shape index (κ1) is 18.6. The average molecular weight is 399 g/mol. The summed E-state index contributed by atoms with van der Waals surface area (Å²) in [5, 5.41) is 8.98. The third-order valence-corrected chi connectivity index (χ3v) is 6.89. The SMILES string of the molecule is CCCN(CCN(C)C)S(=O)(=O)c1cc(C(=O)O)sc1Br. The number of hydrogen-bond acceptors (Lipinski definition) is 5. The predicted octanol–water partition coefficient (Wildman–Crippen LogP) is 2.17. The Bertz CT molecular complexity index is 598. The van der Waals surface area contributed by atoms with E-state index >= 15 is 0 Å². The summed E-state index contributed by atoms with van der Waals surface area (Å²) in [4.78, 5) is 12.9. The van der Waals surface area contributed by atoms with Gasteiger partial charge in [-0.05, 0) is 42.5 Å². The molecular formula is C12H19BrN2O4S2. The van der Waals surface area contributed by atoms with Crippen molar-refractivity contribution >= 4 is 43.3 Å². The number of hydrogen-bond donors (Lipinski definition) is 1. The maximum Gasteiger partial charge on any atom is 0.345 e. The first-order valence-corrected chi connectivity index (χ1v) is 9.42. The average Bonchev–Trinajstić information content (AvgIpc) is 2.77. The Morgan fingerprint density at radius 2 is 1.95 bits per heavy atom. The predicted molar refractivity (Wildman–Crippen MR) is 86.6 cm³/mol. The Kier molecular flexibility index (Phi) is 6.79. The van der Waals surface area contributed by atoms with Gasteiger partial charge in [0.15, 0.2) is 0 Å². The quantitative estimate of drug-likeness (QED) is 0.725. The minimum absolute atomic E-state index is 0.00417. The van der Waals surface area contributed by atoms with Crippen LogP contribution in [-0.2, 0) is 10.0 Å². The summed E-state index contributed by atoms with van der Waals surface area (Å²) < 4.78 is 27.1. The standard InChI is InChI=1S/C12H19BrN2O4S2/c1-4-5-15(7-6-14(2)3)21(18,19)10-8-9(12(16)17)20-11(10)13/h8H,4-7H2,1-3H3,(H,16,17). The molecule has 1 N–H and O–H groups in total. The van der Waals surface area contributed by atoms with Gasteiger partial charge in [-0.3, -0.25) is 0 Å². The summed E-state index contributed by atoms with van der Waals surface area (Å²) in [6.07, 6.45) is 0.695. The summed E-state index contributed by atoms with van der Waals surface area (Å²) in [5.74, 6) is -1.13. The largest absolute Gasteiger partial charge is 0.477 e. The van der Waals surface area contributed by atoms with E-state index < -0.39 is 16.0 Å². The highest BCUT2D eigenvalue weighted by Gasteiger charge is 2.29. The van der Waals surface area contributed by atoms with Crippen molar-refractivity contribution in [3.8, 4) is 0 Å². The highest BCUT2D eigenvalue weighted by Crippen LogP contribution is 2.33. The van der Waals surface area contributed by atoms with Gasteiger partial charge in [0.2, 0.25) is 10.0 Å². The molecule has 0 fully saturated rings.